The van der Waals surface area contributed by atoms with Gasteiger partial charge in [-0.05, 0) is 61.7 Å². The molecule has 0 atom stereocenters. The molecule has 35 heavy (non-hydrogen) atoms. The third-order valence-corrected chi connectivity index (χ3v) is 6.43. The van der Waals surface area contributed by atoms with Crippen molar-refractivity contribution in [3.63, 3.8) is 0 Å². The van der Waals surface area contributed by atoms with Crippen LogP contribution in [0.4, 0.5) is 4.39 Å². The molecule has 1 aliphatic carbocycles. The summed E-state index contributed by atoms with van der Waals surface area (Å²) in [6.45, 7) is 2.24. The van der Waals surface area contributed by atoms with Crippen LogP contribution < -0.4 is 4.74 Å². The number of ether oxygens (including phenoxy) is 1. The van der Waals surface area contributed by atoms with E-state index in [1.807, 2.05) is 11.6 Å². The Kier molecular flexibility index (Phi) is 4.35. The number of aromatic nitrogens is 7. The zero-order valence-electron chi connectivity index (χ0n) is 18.8. The van der Waals surface area contributed by atoms with Crippen LogP contribution in [0.1, 0.15) is 47.3 Å². The van der Waals surface area contributed by atoms with Gasteiger partial charge in [0.2, 0.25) is 11.7 Å². The first-order valence-electron chi connectivity index (χ1n) is 11.5. The number of nitrogens with zero attached hydrogens (tertiary/aromatic N) is 7. The largest absolute Gasteiger partial charge is 0.487 e. The summed E-state index contributed by atoms with van der Waals surface area (Å²) >= 11 is 0. The van der Waals surface area contributed by atoms with E-state index < -0.39 is 0 Å². The Balaban J connectivity index is 1.32. The number of rotatable bonds is 5. The van der Waals surface area contributed by atoms with Crippen LogP contribution in [0.2, 0.25) is 0 Å². The Morgan fingerprint density at radius 3 is 2.77 bits per heavy atom. The van der Waals surface area contributed by atoms with Crippen LogP contribution in [0.5, 0.6) is 5.75 Å². The van der Waals surface area contributed by atoms with Crippen LogP contribution in [0.25, 0.3) is 22.9 Å². The van der Waals surface area contributed by atoms with E-state index in [9.17, 15) is 4.39 Å². The average Bonchev–Trinajstić information content (AvgIpc) is 3.30. The van der Waals surface area contributed by atoms with Gasteiger partial charge in [-0.25, -0.2) is 14.1 Å². The van der Waals surface area contributed by atoms with Crippen LogP contribution in [0.15, 0.2) is 53.3 Å². The minimum Gasteiger partial charge on any atom is -0.487 e. The molecule has 10 heteroatoms. The van der Waals surface area contributed by atoms with Gasteiger partial charge >= 0.3 is 0 Å². The van der Waals surface area contributed by atoms with Crippen molar-refractivity contribution < 1.29 is 13.7 Å². The monoisotopic (exact) mass is 469 g/mol. The Bertz CT molecular complexity index is 1560. The van der Waals surface area contributed by atoms with Gasteiger partial charge in [0.05, 0.1) is 22.8 Å². The maximum absolute atomic E-state index is 13.3. The molecule has 0 amide bonds. The molecule has 0 saturated heterocycles. The van der Waals surface area contributed by atoms with Gasteiger partial charge in [0.15, 0.2) is 0 Å². The predicted octanol–water partition coefficient (Wildman–Crippen LogP) is 4.31. The number of hydrogen-bond donors (Lipinski definition) is 0. The van der Waals surface area contributed by atoms with Gasteiger partial charge in [0.25, 0.3) is 0 Å². The first-order valence-corrected chi connectivity index (χ1v) is 11.5. The summed E-state index contributed by atoms with van der Waals surface area (Å²) < 4.78 is 28.6. The van der Waals surface area contributed by atoms with Gasteiger partial charge < -0.3 is 9.26 Å². The lowest BCUT2D eigenvalue weighted by Crippen LogP contribution is -2.06. The minimum absolute atomic E-state index is 0.194. The van der Waals surface area contributed by atoms with Crippen LogP contribution in [0.3, 0.4) is 0 Å². The lowest BCUT2D eigenvalue weighted by Gasteiger charge is -2.10. The molecule has 5 aromatic rings. The molecule has 0 unspecified atom stereocenters. The predicted molar refractivity (Wildman–Crippen MR) is 122 cm³/mol. The molecule has 4 heterocycles. The van der Waals surface area contributed by atoms with Crippen molar-refractivity contribution >= 4 is 0 Å². The van der Waals surface area contributed by atoms with Crippen molar-refractivity contribution in [2.24, 2.45) is 0 Å². The first-order chi connectivity index (χ1) is 17.1. The molecule has 9 nitrogen and oxygen atoms in total. The van der Waals surface area contributed by atoms with Crippen molar-refractivity contribution in [3.05, 3.63) is 83.1 Å². The summed E-state index contributed by atoms with van der Waals surface area (Å²) in [6.07, 6.45) is 4.45. The number of benzene rings is 2. The Morgan fingerprint density at radius 2 is 1.94 bits per heavy atom. The van der Waals surface area contributed by atoms with Crippen molar-refractivity contribution in [3.8, 4) is 28.6 Å². The number of aryl methyl sites for hydroxylation is 1. The van der Waals surface area contributed by atoms with E-state index in [2.05, 4.69) is 48.2 Å². The van der Waals surface area contributed by atoms with Gasteiger partial charge in [-0.2, -0.15) is 4.98 Å². The zero-order chi connectivity index (χ0) is 23.5. The minimum atomic E-state index is -0.311. The fourth-order valence-corrected chi connectivity index (χ4v) is 4.43. The summed E-state index contributed by atoms with van der Waals surface area (Å²) in [4.78, 5) is 9.30. The van der Waals surface area contributed by atoms with Gasteiger partial charge in [0.1, 0.15) is 35.9 Å². The topological polar surface area (TPSA) is 96.7 Å². The highest BCUT2D eigenvalue weighted by molar-refractivity contribution is 5.62. The molecule has 0 radical (unpaired) electrons. The maximum atomic E-state index is 13.3. The molecule has 3 aromatic heterocycles. The van der Waals surface area contributed by atoms with Crippen molar-refractivity contribution in [1.29, 1.82) is 0 Å². The number of hydrogen-bond acceptors (Lipinski definition) is 7. The third-order valence-electron chi connectivity index (χ3n) is 6.43. The second kappa shape index (κ2) is 7.59. The molecule has 0 spiro atoms. The highest BCUT2D eigenvalue weighted by Gasteiger charge is 2.32. The van der Waals surface area contributed by atoms with Gasteiger partial charge in [0, 0.05) is 12.3 Å². The SMILES string of the molecule is Cc1ccc2c(c1)-n1nnc(COc3ccc(F)cc3)c1Cc1c(-c3noc(C4CC4)n3)ncn1-2. The lowest BCUT2D eigenvalue weighted by atomic mass is 10.1. The molecule has 1 aliphatic heterocycles. The molecule has 0 bridgehead atoms. The highest BCUT2D eigenvalue weighted by atomic mass is 19.1. The maximum Gasteiger partial charge on any atom is 0.230 e. The summed E-state index contributed by atoms with van der Waals surface area (Å²) in [7, 11) is 0. The number of imidazole rings is 1. The van der Waals surface area contributed by atoms with Crippen molar-refractivity contribution in [2.75, 3.05) is 0 Å². The van der Waals surface area contributed by atoms with Crippen LogP contribution >= 0.6 is 0 Å². The Morgan fingerprint density at radius 1 is 1.09 bits per heavy atom. The number of fused-ring (bicyclic) bond motifs is 5. The van der Waals surface area contributed by atoms with Crippen molar-refractivity contribution in [1.82, 2.24) is 34.7 Å². The Hall–Kier alpha value is -4.34. The van der Waals surface area contributed by atoms with E-state index in [4.69, 9.17) is 9.26 Å². The quantitative estimate of drug-likeness (QED) is 0.371. The normalized spacial score (nSPS) is 14.2. The summed E-state index contributed by atoms with van der Waals surface area (Å²) in [5.74, 6) is 1.77. The molecular weight excluding hydrogens is 449 g/mol. The zero-order valence-corrected chi connectivity index (χ0v) is 18.8. The molecule has 2 aliphatic rings. The standard InChI is InChI=1S/C25H20FN7O2/c1-14-2-9-19-21(10-14)33-20(18(29-31-33)12-34-17-7-5-16(26)6-8-17)11-22-23(27-13-32(19)22)24-28-25(35-30-24)15-3-4-15/h2,5-10,13,15H,3-4,11-12H2,1H3. The fourth-order valence-electron chi connectivity index (χ4n) is 4.43. The molecule has 2 aromatic carbocycles. The second-order valence-corrected chi connectivity index (χ2v) is 8.95. The van der Waals surface area contributed by atoms with E-state index in [1.54, 1.807) is 18.5 Å². The second-order valence-electron chi connectivity index (χ2n) is 8.95. The van der Waals surface area contributed by atoms with E-state index in [1.165, 1.54) is 12.1 Å². The van der Waals surface area contributed by atoms with Crippen LogP contribution in [-0.2, 0) is 13.0 Å². The number of halogens is 1. The summed E-state index contributed by atoms with van der Waals surface area (Å²) in [5, 5.41) is 13.1. The van der Waals surface area contributed by atoms with Crippen LogP contribution in [-0.4, -0.2) is 34.7 Å². The Labute approximate surface area is 199 Å². The van der Waals surface area contributed by atoms with Crippen LogP contribution in [0, 0.1) is 12.7 Å². The molecule has 174 valence electrons. The summed E-state index contributed by atoms with van der Waals surface area (Å²) in [6, 6.07) is 12.1. The van der Waals surface area contributed by atoms with Gasteiger partial charge in [-0.3, -0.25) is 4.57 Å². The molecule has 0 N–H and O–H groups in total. The van der Waals surface area contributed by atoms with E-state index in [0.717, 1.165) is 41.2 Å². The molecule has 1 saturated carbocycles. The summed E-state index contributed by atoms with van der Waals surface area (Å²) in [5.41, 5.74) is 6.10. The smallest absolute Gasteiger partial charge is 0.230 e. The third kappa shape index (κ3) is 3.40. The van der Waals surface area contributed by atoms with E-state index in [0.29, 0.717) is 41.2 Å². The fraction of sp³-hybridized carbons (Fsp3) is 0.240. The lowest BCUT2D eigenvalue weighted by molar-refractivity contribution is 0.299. The molecular formula is C25H20FN7O2. The molecule has 7 rings (SSSR count). The van der Waals surface area contributed by atoms with Gasteiger partial charge in [-0.15, -0.1) is 5.10 Å². The average molecular weight is 469 g/mol. The van der Waals surface area contributed by atoms with E-state index >= 15 is 0 Å². The van der Waals surface area contributed by atoms with Crippen molar-refractivity contribution in [2.45, 2.75) is 38.7 Å². The first kappa shape index (κ1) is 20.1. The van der Waals surface area contributed by atoms with E-state index in [-0.39, 0.29) is 12.4 Å². The van der Waals surface area contributed by atoms with Gasteiger partial charge in [-0.1, -0.05) is 16.4 Å². The molecule has 1 fully saturated rings. The highest BCUT2D eigenvalue weighted by Crippen LogP contribution is 2.40.